The second kappa shape index (κ2) is 6.75. The number of aromatic nitrogens is 2. The maximum Gasteiger partial charge on any atom is 0.339 e. The smallest absolute Gasteiger partial charge is 0.339 e. The SMILES string of the molecule is O=C1OC(c2ccc3ncnc(N4CCc5cc(F)c(Cl)cc54)c3c2)c2ccccc21. The molecule has 152 valence electrons. The molecule has 1 unspecified atom stereocenters. The normalized spacial score (nSPS) is 17.0. The fraction of sp³-hybridized carbons (Fsp3) is 0.125. The van der Waals surface area contributed by atoms with E-state index in [0.717, 1.165) is 33.3 Å². The first-order valence-corrected chi connectivity index (χ1v) is 10.3. The molecule has 1 atom stereocenters. The van der Waals surface area contributed by atoms with Gasteiger partial charge in [-0.2, -0.15) is 0 Å². The minimum Gasteiger partial charge on any atom is -0.449 e. The summed E-state index contributed by atoms with van der Waals surface area (Å²) in [5.74, 6) is -0.0277. The van der Waals surface area contributed by atoms with Crippen molar-refractivity contribution in [2.45, 2.75) is 12.5 Å². The molecule has 6 rings (SSSR count). The Bertz CT molecular complexity index is 1390. The summed E-state index contributed by atoms with van der Waals surface area (Å²) in [5, 5.41) is 0.910. The van der Waals surface area contributed by atoms with E-state index < -0.39 is 11.9 Å². The van der Waals surface area contributed by atoms with E-state index >= 15 is 0 Å². The number of rotatable bonds is 2. The highest BCUT2D eigenvalue weighted by Crippen LogP contribution is 2.41. The number of fused-ring (bicyclic) bond motifs is 3. The number of esters is 1. The lowest BCUT2D eigenvalue weighted by atomic mass is 9.98. The predicted molar refractivity (Wildman–Crippen MR) is 115 cm³/mol. The first kappa shape index (κ1) is 18.3. The van der Waals surface area contributed by atoms with E-state index in [9.17, 15) is 9.18 Å². The Morgan fingerprint density at radius 2 is 1.97 bits per heavy atom. The van der Waals surface area contributed by atoms with Crippen LogP contribution in [-0.2, 0) is 11.2 Å². The average molecular weight is 432 g/mol. The molecule has 0 aliphatic carbocycles. The van der Waals surface area contributed by atoms with Crippen molar-refractivity contribution in [3.63, 3.8) is 0 Å². The summed E-state index contributed by atoms with van der Waals surface area (Å²) in [6, 6.07) is 16.3. The third-order valence-electron chi connectivity index (χ3n) is 5.90. The Morgan fingerprint density at radius 1 is 1.10 bits per heavy atom. The molecule has 2 aliphatic rings. The zero-order valence-corrected chi connectivity index (χ0v) is 16.9. The van der Waals surface area contributed by atoms with Crippen molar-refractivity contribution in [3.8, 4) is 0 Å². The highest BCUT2D eigenvalue weighted by Gasteiger charge is 2.32. The molecule has 0 bridgehead atoms. The molecule has 4 aromatic rings. The number of ether oxygens (including phenoxy) is 1. The average Bonchev–Trinajstić information content (AvgIpc) is 3.34. The van der Waals surface area contributed by atoms with Gasteiger partial charge in [0.25, 0.3) is 0 Å². The molecule has 0 saturated carbocycles. The second-order valence-electron chi connectivity index (χ2n) is 7.64. The Hall–Kier alpha value is -3.51. The summed E-state index contributed by atoms with van der Waals surface area (Å²) in [6.07, 6.45) is 1.74. The van der Waals surface area contributed by atoms with Crippen LogP contribution in [0.25, 0.3) is 10.9 Å². The first-order valence-electron chi connectivity index (χ1n) is 9.90. The van der Waals surface area contributed by atoms with Crippen LogP contribution in [0.4, 0.5) is 15.9 Å². The third-order valence-corrected chi connectivity index (χ3v) is 6.19. The van der Waals surface area contributed by atoms with E-state index in [1.54, 1.807) is 12.1 Å². The number of anilines is 2. The number of carbonyl (C=O) groups excluding carboxylic acids is 1. The van der Waals surface area contributed by atoms with Crippen LogP contribution in [0.1, 0.15) is 33.2 Å². The van der Waals surface area contributed by atoms with Gasteiger partial charge in [0.2, 0.25) is 0 Å². The first-order chi connectivity index (χ1) is 15.1. The molecule has 0 N–H and O–H groups in total. The number of carbonyl (C=O) groups is 1. The summed E-state index contributed by atoms with van der Waals surface area (Å²) in [7, 11) is 0. The Balaban J connectivity index is 1.49. The molecule has 3 aromatic carbocycles. The summed E-state index contributed by atoms with van der Waals surface area (Å²) >= 11 is 6.05. The van der Waals surface area contributed by atoms with E-state index in [-0.39, 0.29) is 11.0 Å². The Labute approximate surface area is 182 Å². The van der Waals surface area contributed by atoms with Gasteiger partial charge in [-0.1, -0.05) is 35.9 Å². The number of hydrogen-bond donors (Lipinski definition) is 0. The molecule has 5 nitrogen and oxygen atoms in total. The summed E-state index contributed by atoms with van der Waals surface area (Å²) in [6.45, 7) is 0.659. The minimum atomic E-state index is -0.476. The van der Waals surface area contributed by atoms with Crippen LogP contribution in [0, 0.1) is 5.82 Å². The van der Waals surface area contributed by atoms with Gasteiger partial charge in [-0.15, -0.1) is 0 Å². The van der Waals surface area contributed by atoms with E-state index in [1.807, 2.05) is 41.3 Å². The summed E-state index contributed by atoms with van der Waals surface area (Å²) in [4.78, 5) is 23.3. The van der Waals surface area contributed by atoms with Gasteiger partial charge in [0, 0.05) is 23.2 Å². The van der Waals surface area contributed by atoms with Crippen molar-refractivity contribution < 1.29 is 13.9 Å². The van der Waals surface area contributed by atoms with Gasteiger partial charge in [0.1, 0.15) is 18.0 Å². The van der Waals surface area contributed by atoms with Gasteiger partial charge < -0.3 is 9.64 Å². The molecule has 0 radical (unpaired) electrons. The summed E-state index contributed by atoms with van der Waals surface area (Å²) < 4.78 is 19.6. The zero-order chi connectivity index (χ0) is 21.1. The van der Waals surface area contributed by atoms with E-state index in [4.69, 9.17) is 16.3 Å². The number of hydrogen-bond acceptors (Lipinski definition) is 5. The zero-order valence-electron chi connectivity index (χ0n) is 16.2. The molecule has 1 aromatic heterocycles. The van der Waals surface area contributed by atoms with Crippen LogP contribution in [0.2, 0.25) is 5.02 Å². The van der Waals surface area contributed by atoms with Crippen LogP contribution in [0.5, 0.6) is 0 Å². The van der Waals surface area contributed by atoms with Crippen molar-refractivity contribution in [2.75, 3.05) is 11.4 Å². The lowest BCUT2D eigenvalue weighted by Crippen LogP contribution is -2.15. The molecule has 31 heavy (non-hydrogen) atoms. The third kappa shape index (κ3) is 2.79. The van der Waals surface area contributed by atoms with Crippen molar-refractivity contribution >= 4 is 40.0 Å². The van der Waals surface area contributed by atoms with E-state index in [0.29, 0.717) is 24.3 Å². The molecular formula is C24H15ClFN3O2. The van der Waals surface area contributed by atoms with E-state index in [2.05, 4.69) is 9.97 Å². The number of nitrogens with zero attached hydrogens (tertiary/aromatic N) is 3. The Kier molecular flexibility index (Phi) is 3.98. The molecule has 0 amide bonds. The molecule has 7 heteroatoms. The molecule has 0 saturated heterocycles. The van der Waals surface area contributed by atoms with Gasteiger partial charge in [-0.25, -0.2) is 19.2 Å². The maximum absolute atomic E-state index is 13.9. The standard InChI is InChI=1S/C24H15ClFN3O2/c25-18-11-21-13(10-19(18)26)7-8-29(21)23-17-9-14(5-6-20(17)27-12-28-23)22-15-3-1-2-4-16(15)24(30)31-22/h1-6,9-12,22H,7-8H2. The van der Waals surface area contributed by atoms with E-state index in [1.165, 1.54) is 12.4 Å². The molecule has 3 heterocycles. The quantitative estimate of drug-likeness (QED) is 0.399. The monoisotopic (exact) mass is 431 g/mol. The van der Waals surface area contributed by atoms with Crippen LogP contribution in [0.15, 0.2) is 60.9 Å². The van der Waals surface area contributed by atoms with Gasteiger partial charge in [0.15, 0.2) is 6.10 Å². The number of benzene rings is 3. The van der Waals surface area contributed by atoms with Gasteiger partial charge in [0.05, 0.1) is 16.1 Å². The highest BCUT2D eigenvalue weighted by atomic mass is 35.5. The molecule has 0 fully saturated rings. The minimum absolute atomic E-state index is 0.0826. The largest absolute Gasteiger partial charge is 0.449 e. The summed E-state index contributed by atoms with van der Waals surface area (Å²) in [5.41, 5.74) is 4.78. The lowest BCUT2D eigenvalue weighted by Gasteiger charge is -2.21. The molecular weight excluding hydrogens is 417 g/mol. The maximum atomic E-state index is 13.9. The highest BCUT2D eigenvalue weighted by molar-refractivity contribution is 6.31. The van der Waals surface area contributed by atoms with Crippen molar-refractivity contribution in [2.24, 2.45) is 0 Å². The van der Waals surface area contributed by atoms with Crippen molar-refractivity contribution in [1.29, 1.82) is 0 Å². The Morgan fingerprint density at radius 3 is 2.87 bits per heavy atom. The van der Waals surface area contributed by atoms with Crippen LogP contribution < -0.4 is 4.90 Å². The topological polar surface area (TPSA) is 55.3 Å². The lowest BCUT2D eigenvalue weighted by molar-refractivity contribution is 0.0456. The molecule has 0 spiro atoms. The second-order valence-corrected chi connectivity index (χ2v) is 8.05. The van der Waals surface area contributed by atoms with Gasteiger partial charge in [-0.05, 0) is 47.9 Å². The van der Waals surface area contributed by atoms with Crippen molar-refractivity contribution in [3.05, 3.63) is 94.0 Å². The number of halogens is 2. The van der Waals surface area contributed by atoms with Crippen molar-refractivity contribution in [1.82, 2.24) is 9.97 Å². The number of cyclic esters (lactones) is 1. The predicted octanol–water partition coefficient (Wildman–Crippen LogP) is 5.38. The van der Waals surface area contributed by atoms with Crippen LogP contribution in [-0.4, -0.2) is 22.5 Å². The fourth-order valence-corrected chi connectivity index (χ4v) is 4.59. The van der Waals surface area contributed by atoms with Crippen LogP contribution >= 0.6 is 11.6 Å². The fourth-order valence-electron chi connectivity index (χ4n) is 4.43. The molecule has 2 aliphatic heterocycles. The van der Waals surface area contributed by atoms with Crippen LogP contribution in [0.3, 0.4) is 0 Å². The van der Waals surface area contributed by atoms with Gasteiger partial charge in [-0.3, -0.25) is 0 Å². The van der Waals surface area contributed by atoms with Gasteiger partial charge >= 0.3 is 5.97 Å².